The third-order valence-corrected chi connectivity index (χ3v) is 3.61. The second-order valence-corrected chi connectivity index (χ2v) is 5.43. The molecule has 1 aromatic heterocycles. The number of ketones is 1. The first-order valence-corrected chi connectivity index (χ1v) is 6.53. The van der Waals surface area contributed by atoms with Crippen LogP contribution in [-0.2, 0) is 6.42 Å². The Labute approximate surface area is 115 Å². The van der Waals surface area contributed by atoms with E-state index in [9.17, 15) is 4.79 Å². The third-order valence-electron chi connectivity index (χ3n) is 2.17. The van der Waals surface area contributed by atoms with E-state index >= 15 is 0 Å². The molecule has 0 saturated heterocycles. The largest absolute Gasteiger partial charge is 0.472 e. The van der Waals surface area contributed by atoms with Crippen LogP contribution in [0.15, 0.2) is 45.7 Å². The Morgan fingerprint density at radius 2 is 2.19 bits per heavy atom. The number of furan rings is 1. The van der Waals surface area contributed by atoms with Gasteiger partial charge in [-0.3, -0.25) is 4.79 Å². The number of carbonyl (C=O) groups excluding carboxylic acids is 1. The van der Waals surface area contributed by atoms with Crippen molar-refractivity contribution in [3.8, 4) is 0 Å². The van der Waals surface area contributed by atoms with Crippen LogP contribution in [0.5, 0.6) is 0 Å². The van der Waals surface area contributed by atoms with Crippen LogP contribution < -0.4 is 0 Å². The van der Waals surface area contributed by atoms with E-state index in [1.807, 2.05) is 24.3 Å². The first-order valence-electron chi connectivity index (χ1n) is 4.66. The van der Waals surface area contributed by atoms with Gasteiger partial charge in [0, 0.05) is 20.0 Å². The summed E-state index contributed by atoms with van der Waals surface area (Å²) in [5.74, 6) is 0.104. The summed E-state index contributed by atoms with van der Waals surface area (Å²) < 4.78 is 6.83. The fourth-order valence-corrected chi connectivity index (χ4v) is 2.38. The predicted octanol–water partition coefficient (Wildman–Crippen LogP) is 4.07. The molecule has 0 radical (unpaired) electrons. The molecule has 0 unspecified atom stereocenters. The lowest BCUT2D eigenvalue weighted by Crippen LogP contribution is -2.05. The van der Waals surface area contributed by atoms with Gasteiger partial charge in [-0.1, -0.05) is 15.9 Å². The van der Waals surface area contributed by atoms with Gasteiger partial charge in [0.1, 0.15) is 0 Å². The zero-order valence-electron chi connectivity index (χ0n) is 8.24. The average molecular weight is 391 g/mol. The maximum atomic E-state index is 12.0. The van der Waals surface area contributed by atoms with Gasteiger partial charge in [-0.05, 0) is 52.4 Å². The highest BCUT2D eigenvalue weighted by molar-refractivity contribution is 14.1. The van der Waals surface area contributed by atoms with Crippen LogP contribution in [0.3, 0.4) is 0 Å². The van der Waals surface area contributed by atoms with E-state index < -0.39 is 0 Å². The number of carbonyl (C=O) groups is 1. The number of benzene rings is 1. The van der Waals surface area contributed by atoms with Crippen LogP contribution in [-0.4, -0.2) is 5.78 Å². The van der Waals surface area contributed by atoms with Crippen molar-refractivity contribution in [2.75, 3.05) is 0 Å². The molecule has 2 rings (SSSR count). The number of rotatable bonds is 3. The lowest BCUT2D eigenvalue weighted by molar-refractivity contribution is 0.0992. The fourth-order valence-electron chi connectivity index (χ4n) is 1.39. The number of Topliss-reactive ketones (excluding diaryl/α,β-unsaturated/α-hetero) is 1. The molecule has 82 valence electrons. The molecule has 16 heavy (non-hydrogen) atoms. The van der Waals surface area contributed by atoms with Crippen LogP contribution >= 0.6 is 38.5 Å². The summed E-state index contributed by atoms with van der Waals surface area (Å²) in [6.07, 6.45) is 3.56. The molecule has 2 nitrogen and oxygen atoms in total. The van der Waals surface area contributed by atoms with Gasteiger partial charge in [0.05, 0.1) is 12.5 Å². The summed E-state index contributed by atoms with van der Waals surface area (Å²) in [4.78, 5) is 12.0. The maximum Gasteiger partial charge on any atom is 0.168 e. The van der Waals surface area contributed by atoms with Gasteiger partial charge in [-0.2, -0.15) is 0 Å². The van der Waals surface area contributed by atoms with Gasteiger partial charge in [0.25, 0.3) is 0 Å². The minimum absolute atomic E-state index is 0.104. The van der Waals surface area contributed by atoms with Crippen LogP contribution in [0.1, 0.15) is 15.9 Å². The molecule has 0 N–H and O–H groups in total. The van der Waals surface area contributed by atoms with Crippen LogP contribution in [0.2, 0.25) is 0 Å². The van der Waals surface area contributed by atoms with Crippen LogP contribution in [0.4, 0.5) is 0 Å². The van der Waals surface area contributed by atoms with Gasteiger partial charge in [-0.25, -0.2) is 0 Å². The fraction of sp³-hybridized carbons (Fsp3) is 0.0833. The van der Waals surface area contributed by atoms with E-state index in [0.717, 1.165) is 19.2 Å². The van der Waals surface area contributed by atoms with Crippen molar-refractivity contribution >= 4 is 44.3 Å². The van der Waals surface area contributed by atoms with Crippen LogP contribution in [0, 0.1) is 3.57 Å². The Morgan fingerprint density at radius 3 is 2.88 bits per heavy atom. The average Bonchev–Trinajstić information content (AvgIpc) is 2.74. The number of hydrogen-bond acceptors (Lipinski definition) is 2. The van der Waals surface area contributed by atoms with Gasteiger partial charge >= 0.3 is 0 Å². The molecule has 0 aliphatic carbocycles. The Balaban J connectivity index is 2.24. The van der Waals surface area contributed by atoms with Crippen molar-refractivity contribution < 1.29 is 9.21 Å². The summed E-state index contributed by atoms with van der Waals surface area (Å²) in [5, 5.41) is 0. The molecule has 0 aliphatic heterocycles. The zero-order chi connectivity index (χ0) is 11.5. The van der Waals surface area contributed by atoms with Gasteiger partial charge in [0.2, 0.25) is 0 Å². The normalized spacial score (nSPS) is 10.4. The molecule has 2 aromatic rings. The topological polar surface area (TPSA) is 30.2 Å². The molecule has 4 heteroatoms. The second kappa shape index (κ2) is 5.14. The van der Waals surface area contributed by atoms with Gasteiger partial charge in [-0.15, -0.1) is 0 Å². The Kier molecular flexibility index (Phi) is 3.81. The molecule has 1 heterocycles. The number of halogens is 2. The van der Waals surface area contributed by atoms with E-state index in [1.165, 1.54) is 0 Å². The first-order chi connectivity index (χ1) is 7.66. The monoisotopic (exact) mass is 390 g/mol. The Morgan fingerprint density at radius 1 is 1.38 bits per heavy atom. The van der Waals surface area contributed by atoms with E-state index in [0.29, 0.717) is 6.42 Å². The predicted molar refractivity (Wildman–Crippen MR) is 73.6 cm³/mol. The highest BCUT2D eigenvalue weighted by atomic mass is 127. The van der Waals surface area contributed by atoms with Crippen molar-refractivity contribution in [1.29, 1.82) is 0 Å². The molecule has 0 bridgehead atoms. The standard InChI is InChI=1S/C12H8BrIO2/c13-9-1-2-11(14)10(6-9)12(15)5-8-3-4-16-7-8/h1-4,6-7H,5H2. The first kappa shape index (κ1) is 11.9. The smallest absolute Gasteiger partial charge is 0.168 e. The molecule has 0 saturated carbocycles. The van der Waals surface area contributed by atoms with Crippen molar-refractivity contribution in [3.63, 3.8) is 0 Å². The summed E-state index contributed by atoms with van der Waals surface area (Å²) in [7, 11) is 0. The maximum absolute atomic E-state index is 12.0. The molecule has 0 aliphatic rings. The minimum Gasteiger partial charge on any atom is -0.472 e. The molecule has 1 aromatic carbocycles. The van der Waals surface area contributed by atoms with Gasteiger partial charge in [0.15, 0.2) is 5.78 Å². The SMILES string of the molecule is O=C(Cc1ccoc1)c1cc(Br)ccc1I. The summed E-state index contributed by atoms with van der Waals surface area (Å²) in [6, 6.07) is 7.51. The van der Waals surface area contributed by atoms with Crippen molar-refractivity contribution in [2.45, 2.75) is 6.42 Å². The molecule has 0 spiro atoms. The molecule has 0 fully saturated rings. The van der Waals surface area contributed by atoms with Crippen molar-refractivity contribution in [2.24, 2.45) is 0 Å². The zero-order valence-corrected chi connectivity index (χ0v) is 12.0. The second-order valence-electron chi connectivity index (χ2n) is 3.36. The Hall–Kier alpha value is -0.620. The van der Waals surface area contributed by atoms with Crippen molar-refractivity contribution in [1.82, 2.24) is 0 Å². The third kappa shape index (κ3) is 2.74. The minimum atomic E-state index is 0.104. The van der Waals surface area contributed by atoms with E-state index in [2.05, 4.69) is 38.5 Å². The lowest BCUT2D eigenvalue weighted by Gasteiger charge is -2.03. The van der Waals surface area contributed by atoms with E-state index in [4.69, 9.17) is 4.42 Å². The highest BCUT2D eigenvalue weighted by Crippen LogP contribution is 2.20. The van der Waals surface area contributed by atoms with Gasteiger partial charge < -0.3 is 4.42 Å². The molecular weight excluding hydrogens is 383 g/mol. The molecule has 0 atom stereocenters. The molecule has 0 amide bonds. The molecular formula is C12H8BrIO2. The quantitative estimate of drug-likeness (QED) is 0.584. The summed E-state index contributed by atoms with van der Waals surface area (Å²) in [5.41, 5.74) is 1.65. The van der Waals surface area contributed by atoms with E-state index in [1.54, 1.807) is 12.5 Å². The van der Waals surface area contributed by atoms with Crippen LogP contribution in [0.25, 0.3) is 0 Å². The number of hydrogen-bond donors (Lipinski definition) is 0. The lowest BCUT2D eigenvalue weighted by atomic mass is 10.1. The summed E-state index contributed by atoms with van der Waals surface area (Å²) >= 11 is 5.54. The van der Waals surface area contributed by atoms with Crippen molar-refractivity contribution in [3.05, 3.63) is 56.0 Å². The van der Waals surface area contributed by atoms with E-state index in [-0.39, 0.29) is 5.78 Å². The summed E-state index contributed by atoms with van der Waals surface area (Å²) in [6.45, 7) is 0. The highest BCUT2D eigenvalue weighted by Gasteiger charge is 2.11. The Bertz CT molecular complexity index is 506.